The van der Waals surface area contributed by atoms with E-state index >= 15 is 0 Å². The van der Waals surface area contributed by atoms with E-state index in [2.05, 4.69) is 17.1 Å². The van der Waals surface area contributed by atoms with Crippen molar-refractivity contribution in [2.24, 2.45) is 5.92 Å². The Hall–Kier alpha value is -0.640. The molecule has 0 aromatic heterocycles. The lowest BCUT2D eigenvalue weighted by molar-refractivity contribution is 0.141. The molecule has 1 fully saturated rings. The molecule has 1 aromatic rings. The summed E-state index contributed by atoms with van der Waals surface area (Å²) in [4.78, 5) is 2.46. The van der Waals surface area contributed by atoms with Crippen LogP contribution in [0.5, 0.6) is 0 Å². The molecule has 1 aliphatic heterocycles. The summed E-state index contributed by atoms with van der Waals surface area (Å²) < 4.78 is 13.2. The summed E-state index contributed by atoms with van der Waals surface area (Å²) in [7, 11) is 2.02. The standard InChI is InChI=1S/C15H23FN2.ClH/c1-12(14-4-3-5-15(16)10-14)18-8-6-13(7-9-18)11-17-2;/h3-5,10,12-13,17H,6-9,11H2,1-2H3;1H. The fourth-order valence-corrected chi connectivity index (χ4v) is 2.81. The van der Waals surface area contributed by atoms with Crippen LogP contribution in [0, 0.1) is 11.7 Å². The Morgan fingerprint density at radius 3 is 2.63 bits per heavy atom. The normalized spacial score (nSPS) is 18.9. The van der Waals surface area contributed by atoms with Crippen molar-refractivity contribution in [3.63, 3.8) is 0 Å². The number of halogens is 2. The van der Waals surface area contributed by atoms with Crippen LogP contribution in [0.15, 0.2) is 24.3 Å². The van der Waals surface area contributed by atoms with E-state index in [9.17, 15) is 4.39 Å². The van der Waals surface area contributed by atoms with Crippen molar-refractivity contribution in [2.75, 3.05) is 26.7 Å². The SMILES string of the molecule is CNCC1CCN(C(C)c2cccc(F)c2)CC1.Cl. The van der Waals surface area contributed by atoms with Crippen molar-refractivity contribution in [3.8, 4) is 0 Å². The predicted octanol–water partition coefficient (Wildman–Crippen LogP) is 3.24. The summed E-state index contributed by atoms with van der Waals surface area (Å²) in [6.45, 7) is 5.52. The van der Waals surface area contributed by atoms with Gasteiger partial charge in [0.15, 0.2) is 0 Å². The largest absolute Gasteiger partial charge is 0.319 e. The summed E-state index contributed by atoms with van der Waals surface area (Å²) in [6, 6.07) is 7.30. The first-order chi connectivity index (χ1) is 8.70. The number of piperidine rings is 1. The monoisotopic (exact) mass is 286 g/mol. The molecule has 108 valence electrons. The third-order valence-corrected chi connectivity index (χ3v) is 4.02. The number of benzene rings is 1. The van der Waals surface area contributed by atoms with Crippen LogP contribution in [-0.4, -0.2) is 31.6 Å². The van der Waals surface area contributed by atoms with E-state index in [0.717, 1.165) is 31.1 Å². The van der Waals surface area contributed by atoms with Gasteiger partial charge in [-0.15, -0.1) is 12.4 Å². The average Bonchev–Trinajstić information content (AvgIpc) is 2.39. The maximum Gasteiger partial charge on any atom is 0.123 e. The quantitative estimate of drug-likeness (QED) is 0.914. The molecule has 1 atom stereocenters. The fraction of sp³-hybridized carbons (Fsp3) is 0.600. The van der Waals surface area contributed by atoms with E-state index in [4.69, 9.17) is 0 Å². The molecule has 0 aliphatic carbocycles. The molecule has 2 nitrogen and oxygen atoms in total. The lowest BCUT2D eigenvalue weighted by Crippen LogP contribution is -2.38. The van der Waals surface area contributed by atoms with Crippen LogP contribution in [0.25, 0.3) is 0 Å². The van der Waals surface area contributed by atoms with Crippen molar-refractivity contribution in [1.82, 2.24) is 10.2 Å². The minimum atomic E-state index is -0.135. The second kappa shape index (κ2) is 7.83. The third-order valence-electron chi connectivity index (χ3n) is 4.02. The summed E-state index contributed by atoms with van der Waals surface area (Å²) >= 11 is 0. The molecular weight excluding hydrogens is 263 g/mol. The first kappa shape index (κ1) is 16.4. The predicted molar refractivity (Wildman–Crippen MR) is 80.3 cm³/mol. The molecule has 0 saturated carbocycles. The molecule has 2 rings (SSSR count). The highest BCUT2D eigenvalue weighted by Gasteiger charge is 2.23. The molecule has 0 bridgehead atoms. The fourth-order valence-electron chi connectivity index (χ4n) is 2.81. The Morgan fingerprint density at radius 1 is 1.37 bits per heavy atom. The third kappa shape index (κ3) is 4.44. The van der Waals surface area contributed by atoms with E-state index < -0.39 is 0 Å². The van der Waals surface area contributed by atoms with Crippen LogP contribution in [0.2, 0.25) is 0 Å². The molecule has 1 saturated heterocycles. The second-order valence-corrected chi connectivity index (χ2v) is 5.27. The molecule has 1 N–H and O–H groups in total. The second-order valence-electron chi connectivity index (χ2n) is 5.27. The topological polar surface area (TPSA) is 15.3 Å². The van der Waals surface area contributed by atoms with Crippen LogP contribution >= 0.6 is 12.4 Å². The van der Waals surface area contributed by atoms with E-state index in [-0.39, 0.29) is 18.2 Å². The first-order valence-electron chi connectivity index (χ1n) is 6.85. The van der Waals surface area contributed by atoms with Crippen LogP contribution in [0.4, 0.5) is 4.39 Å². The highest BCUT2D eigenvalue weighted by molar-refractivity contribution is 5.85. The zero-order chi connectivity index (χ0) is 13.0. The van der Waals surface area contributed by atoms with Gasteiger partial charge in [0.1, 0.15) is 5.82 Å². The van der Waals surface area contributed by atoms with Gasteiger partial charge in [-0.1, -0.05) is 12.1 Å². The van der Waals surface area contributed by atoms with Crippen molar-refractivity contribution < 1.29 is 4.39 Å². The molecule has 0 amide bonds. The Bertz CT molecular complexity index is 378. The molecule has 0 radical (unpaired) electrons. The maximum absolute atomic E-state index is 13.2. The number of nitrogens with zero attached hydrogens (tertiary/aromatic N) is 1. The molecule has 1 aromatic carbocycles. The molecular formula is C15H24ClFN2. The van der Waals surface area contributed by atoms with Gasteiger partial charge in [-0.25, -0.2) is 4.39 Å². The van der Waals surface area contributed by atoms with Crippen molar-refractivity contribution in [2.45, 2.75) is 25.8 Å². The molecule has 1 heterocycles. The van der Waals surface area contributed by atoms with Crippen LogP contribution in [0.3, 0.4) is 0 Å². The van der Waals surface area contributed by atoms with Crippen molar-refractivity contribution in [1.29, 1.82) is 0 Å². The van der Waals surface area contributed by atoms with Crippen molar-refractivity contribution >= 4 is 12.4 Å². The highest BCUT2D eigenvalue weighted by Crippen LogP contribution is 2.26. The Balaban J connectivity index is 0.00000180. The van der Waals surface area contributed by atoms with Gasteiger partial charge in [-0.05, 0) is 70.1 Å². The van der Waals surface area contributed by atoms with Gasteiger partial charge in [0.05, 0.1) is 0 Å². The number of nitrogens with one attached hydrogen (secondary N) is 1. The van der Waals surface area contributed by atoms with Crippen LogP contribution in [-0.2, 0) is 0 Å². The first-order valence-corrected chi connectivity index (χ1v) is 6.85. The molecule has 19 heavy (non-hydrogen) atoms. The smallest absolute Gasteiger partial charge is 0.123 e. The molecule has 1 aliphatic rings. The van der Waals surface area contributed by atoms with Gasteiger partial charge in [-0.3, -0.25) is 4.90 Å². The number of hydrogen-bond donors (Lipinski definition) is 1. The summed E-state index contributed by atoms with van der Waals surface area (Å²) in [5.41, 5.74) is 1.09. The van der Waals surface area contributed by atoms with E-state index in [0.29, 0.717) is 6.04 Å². The Labute approximate surface area is 121 Å². The summed E-state index contributed by atoms with van der Waals surface area (Å²) in [6.07, 6.45) is 2.47. The zero-order valence-corrected chi connectivity index (χ0v) is 12.5. The summed E-state index contributed by atoms with van der Waals surface area (Å²) in [5.74, 6) is 0.662. The molecule has 0 spiro atoms. The molecule has 4 heteroatoms. The Kier molecular flexibility index (Phi) is 6.76. The van der Waals surface area contributed by atoms with E-state index in [1.54, 1.807) is 12.1 Å². The minimum Gasteiger partial charge on any atom is -0.319 e. The molecule has 1 unspecified atom stereocenters. The van der Waals surface area contributed by atoms with Gasteiger partial charge in [-0.2, -0.15) is 0 Å². The van der Waals surface area contributed by atoms with E-state index in [1.807, 2.05) is 13.1 Å². The highest BCUT2D eigenvalue weighted by atomic mass is 35.5. The Morgan fingerprint density at radius 2 is 2.05 bits per heavy atom. The zero-order valence-electron chi connectivity index (χ0n) is 11.7. The van der Waals surface area contributed by atoms with Crippen molar-refractivity contribution in [3.05, 3.63) is 35.6 Å². The van der Waals surface area contributed by atoms with E-state index in [1.165, 1.54) is 18.9 Å². The lowest BCUT2D eigenvalue weighted by atomic mass is 9.94. The summed E-state index contributed by atoms with van der Waals surface area (Å²) in [5, 5.41) is 3.25. The van der Waals surface area contributed by atoms with Crippen LogP contribution < -0.4 is 5.32 Å². The average molecular weight is 287 g/mol. The van der Waals surface area contributed by atoms with Gasteiger partial charge in [0.2, 0.25) is 0 Å². The number of rotatable bonds is 4. The van der Waals surface area contributed by atoms with Crippen LogP contribution in [0.1, 0.15) is 31.4 Å². The van der Waals surface area contributed by atoms with Gasteiger partial charge in [0, 0.05) is 6.04 Å². The maximum atomic E-state index is 13.2. The van der Waals surface area contributed by atoms with Gasteiger partial charge < -0.3 is 5.32 Å². The number of hydrogen-bond acceptors (Lipinski definition) is 2. The number of likely N-dealkylation sites (tertiary alicyclic amines) is 1. The minimum absolute atomic E-state index is 0. The lowest BCUT2D eigenvalue weighted by Gasteiger charge is -2.36. The van der Waals surface area contributed by atoms with Gasteiger partial charge in [0.25, 0.3) is 0 Å². The van der Waals surface area contributed by atoms with Gasteiger partial charge >= 0.3 is 0 Å².